The Labute approximate surface area is 186 Å². The molecule has 2 nitrogen and oxygen atoms in total. The fourth-order valence-electron chi connectivity index (χ4n) is 3.00. The number of hydrogen-bond donors (Lipinski definition) is 0. The Morgan fingerprint density at radius 2 is 1.61 bits per heavy atom. The molecule has 0 fully saturated rings. The summed E-state index contributed by atoms with van der Waals surface area (Å²) < 4.78 is 5.76. The van der Waals surface area contributed by atoms with Crippen LogP contribution >= 0.6 is 8.58 Å². The van der Waals surface area contributed by atoms with E-state index in [-0.39, 0.29) is 39.8 Å². The summed E-state index contributed by atoms with van der Waals surface area (Å²) in [5.74, 6) is 1.51. The summed E-state index contributed by atoms with van der Waals surface area (Å²) in [6, 6.07) is 12.3. The maximum Gasteiger partial charge on any atom is 1.00 e. The van der Waals surface area contributed by atoms with E-state index in [9.17, 15) is 4.79 Å². The quantitative estimate of drug-likeness (QED) is 0.534. The molecule has 0 radical (unpaired) electrons. The molecule has 2 aromatic rings. The second-order valence-corrected chi connectivity index (χ2v) is 10.0. The van der Waals surface area contributed by atoms with Gasteiger partial charge in [0.25, 0.3) is 0 Å². The Bertz CT molecular complexity index is 773. The first-order valence-electron chi connectivity index (χ1n) is 9.74. The van der Waals surface area contributed by atoms with E-state index < -0.39 is 0 Å². The van der Waals surface area contributed by atoms with Crippen LogP contribution in [0, 0.1) is 19.8 Å². The second-order valence-electron chi connectivity index (χ2n) is 8.74. The molecule has 0 saturated carbocycles. The van der Waals surface area contributed by atoms with Crippen LogP contribution in [0.15, 0.2) is 36.4 Å². The maximum absolute atomic E-state index is 12.9. The third kappa shape index (κ3) is 7.08. The van der Waals surface area contributed by atoms with Gasteiger partial charge in [0, 0.05) is 5.56 Å². The second kappa shape index (κ2) is 10.6. The van der Waals surface area contributed by atoms with Crippen molar-refractivity contribution in [2.45, 2.75) is 60.3 Å². The molecule has 28 heavy (non-hydrogen) atoms. The molecule has 4 heteroatoms. The molecule has 2 aromatic carbocycles. The van der Waals surface area contributed by atoms with Gasteiger partial charge >= 0.3 is 18.9 Å². The molecule has 0 saturated heterocycles. The van der Waals surface area contributed by atoms with E-state index in [1.165, 1.54) is 5.56 Å². The predicted octanol–water partition coefficient (Wildman–Crippen LogP) is 3.29. The van der Waals surface area contributed by atoms with E-state index in [0.29, 0.717) is 5.92 Å². The van der Waals surface area contributed by atoms with Crippen LogP contribution in [0.3, 0.4) is 0 Å². The van der Waals surface area contributed by atoms with Crippen LogP contribution in [-0.2, 0) is 5.41 Å². The van der Waals surface area contributed by atoms with Gasteiger partial charge in [0.05, 0.1) is 6.61 Å². The minimum atomic E-state index is 0. The Morgan fingerprint density at radius 3 is 2.07 bits per heavy atom. The van der Waals surface area contributed by atoms with E-state index >= 15 is 0 Å². The molecule has 0 aliphatic carbocycles. The topological polar surface area (TPSA) is 26.3 Å². The minimum Gasteiger partial charge on any atom is -1.00 e. The number of ether oxygens (including phenoxy) is 1. The Kier molecular flexibility index (Phi) is 9.49. The van der Waals surface area contributed by atoms with Crippen molar-refractivity contribution < 1.29 is 29.8 Å². The van der Waals surface area contributed by atoms with Gasteiger partial charge in [-0.05, 0) is 74.3 Å². The van der Waals surface area contributed by atoms with Crippen molar-refractivity contribution in [3.63, 3.8) is 0 Å². The molecule has 0 aromatic heterocycles. The van der Waals surface area contributed by atoms with Gasteiger partial charge in [0.1, 0.15) is 5.75 Å². The SMILES string of the molecule is Cc1cc(C(C)(C)C)cc(C)c1C(=O)Pc1ccc(OCCC(C)C)cc1.[H-].[Li+]. The Morgan fingerprint density at radius 1 is 1.07 bits per heavy atom. The van der Waals surface area contributed by atoms with Gasteiger partial charge in [-0.25, -0.2) is 0 Å². The monoisotopic (exact) mass is 392 g/mol. The molecule has 0 N–H and O–H groups in total. The summed E-state index contributed by atoms with van der Waals surface area (Å²) >= 11 is 0. The summed E-state index contributed by atoms with van der Waals surface area (Å²) in [6.07, 6.45) is 1.05. The maximum atomic E-state index is 12.9. The number of hydrogen-bond acceptors (Lipinski definition) is 2. The van der Waals surface area contributed by atoms with Crippen molar-refractivity contribution in [3.8, 4) is 5.75 Å². The first-order valence-corrected chi connectivity index (χ1v) is 10.7. The standard InChI is InChI=1S/C24H33O2P.Li.H/c1-16(2)12-13-26-20-8-10-21(11-9-20)27-23(25)22-17(3)14-19(15-18(22)4)24(5,6)7;;/h8-11,14-16,27H,12-13H2,1-7H3;;/q;+1;-1. The molecule has 0 aliphatic rings. The van der Waals surface area contributed by atoms with Crippen LogP contribution in [0.25, 0.3) is 0 Å². The molecule has 0 aliphatic heterocycles. The molecule has 0 spiro atoms. The van der Waals surface area contributed by atoms with Crippen LogP contribution < -0.4 is 28.9 Å². The first kappa shape index (κ1) is 25.0. The normalized spacial score (nSPS) is 11.7. The smallest absolute Gasteiger partial charge is 1.00 e. The minimum absolute atomic E-state index is 0. The molecule has 0 bridgehead atoms. The largest absolute Gasteiger partial charge is 1.00 e. The van der Waals surface area contributed by atoms with E-state index in [1.807, 2.05) is 38.1 Å². The van der Waals surface area contributed by atoms with Gasteiger partial charge in [-0.2, -0.15) is 0 Å². The van der Waals surface area contributed by atoms with Gasteiger partial charge < -0.3 is 6.16 Å². The van der Waals surface area contributed by atoms with Gasteiger partial charge in [-0.15, -0.1) is 0 Å². The van der Waals surface area contributed by atoms with Crippen LogP contribution in [0.2, 0.25) is 0 Å². The van der Waals surface area contributed by atoms with Crippen LogP contribution in [0.5, 0.6) is 5.75 Å². The number of rotatable bonds is 7. The first-order chi connectivity index (χ1) is 12.6. The van der Waals surface area contributed by atoms with Gasteiger partial charge in [0.15, 0.2) is 5.52 Å². The third-order valence-corrected chi connectivity index (χ3v) is 5.80. The van der Waals surface area contributed by atoms with Gasteiger partial charge in [-0.1, -0.05) is 58.9 Å². The summed E-state index contributed by atoms with van der Waals surface area (Å²) in [5.41, 5.74) is 4.60. The number of aryl methyl sites for hydroxylation is 2. The fourth-order valence-corrected chi connectivity index (χ4v) is 4.11. The zero-order valence-corrected chi connectivity index (χ0v) is 19.8. The average molecular weight is 392 g/mol. The summed E-state index contributed by atoms with van der Waals surface area (Å²) in [6.45, 7) is 15.8. The third-order valence-electron chi connectivity index (χ3n) is 4.70. The van der Waals surface area contributed by atoms with Crippen molar-refractivity contribution in [2.24, 2.45) is 5.92 Å². The molecule has 0 heterocycles. The average Bonchev–Trinajstić information content (AvgIpc) is 2.54. The zero-order valence-electron chi connectivity index (χ0n) is 19.8. The molecule has 148 valence electrons. The molecular weight excluding hydrogens is 358 g/mol. The predicted molar refractivity (Wildman–Crippen MR) is 119 cm³/mol. The van der Waals surface area contributed by atoms with Crippen LogP contribution in [0.1, 0.15) is 69.5 Å². The van der Waals surface area contributed by atoms with E-state index in [1.54, 1.807) is 0 Å². The van der Waals surface area contributed by atoms with Gasteiger partial charge in [-0.3, -0.25) is 4.79 Å². The van der Waals surface area contributed by atoms with Crippen molar-refractivity contribution in [1.82, 2.24) is 0 Å². The van der Waals surface area contributed by atoms with E-state index in [0.717, 1.165) is 40.8 Å². The summed E-state index contributed by atoms with van der Waals surface area (Å²) in [7, 11) is 0.132. The van der Waals surface area contributed by atoms with Crippen molar-refractivity contribution in [3.05, 3.63) is 58.7 Å². The summed E-state index contributed by atoms with van der Waals surface area (Å²) in [4.78, 5) is 12.9. The van der Waals surface area contributed by atoms with Crippen LogP contribution in [0.4, 0.5) is 0 Å². The summed E-state index contributed by atoms with van der Waals surface area (Å²) in [5, 5.41) is 1.05. The number of carbonyl (C=O) groups excluding carboxylic acids is 1. The van der Waals surface area contributed by atoms with Crippen molar-refractivity contribution in [1.29, 1.82) is 0 Å². The van der Waals surface area contributed by atoms with E-state index in [2.05, 4.69) is 46.8 Å². The number of carbonyl (C=O) groups is 1. The Balaban J connectivity index is 0.00000392. The molecule has 0 amide bonds. The van der Waals surface area contributed by atoms with Gasteiger partial charge in [0.2, 0.25) is 0 Å². The fraction of sp³-hybridized carbons (Fsp3) is 0.458. The number of benzene rings is 2. The molecule has 2 rings (SSSR count). The van der Waals surface area contributed by atoms with E-state index in [4.69, 9.17) is 4.74 Å². The molecule has 1 atom stereocenters. The van der Waals surface area contributed by atoms with Crippen molar-refractivity contribution in [2.75, 3.05) is 6.61 Å². The van der Waals surface area contributed by atoms with Crippen molar-refractivity contribution >= 4 is 19.4 Å². The zero-order chi connectivity index (χ0) is 20.2. The molecular formula is C24H34LiO2P. The Hall–Kier alpha value is -1.06. The van der Waals surface area contributed by atoms with Crippen LogP contribution in [-0.4, -0.2) is 12.1 Å². The molecule has 1 unspecified atom stereocenters.